The van der Waals surface area contributed by atoms with Gasteiger partial charge in [0.1, 0.15) is 17.8 Å². The lowest BCUT2D eigenvalue weighted by molar-refractivity contribution is -0.159. The molecule has 0 aliphatic carbocycles. The SMILES string of the molecule is COc1cc(CC2(CN3C[C@H]4C[C@@H](C3)c3cccc(=O)n3C4)C(=O)N(C)C(=O)N(C)C2=O)ccc1OCc1ccc(F)cc1. The molecule has 3 aromatic rings. The van der Waals surface area contributed by atoms with Crippen molar-refractivity contribution in [2.75, 3.05) is 40.8 Å². The lowest BCUT2D eigenvalue weighted by Gasteiger charge is -2.48. The monoisotopic (exact) mass is 602 g/mol. The molecule has 44 heavy (non-hydrogen) atoms. The predicted molar refractivity (Wildman–Crippen MR) is 159 cm³/mol. The fourth-order valence-electron chi connectivity index (χ4n) is 7.01. The maximum Gasteiger partial charge on any atom is 0.332 e. The summed E-state index contributed by atoms with van der Waals surface area (Å²) in [5.74, 6) is -0.260. The molecule has 0 spiro atoms. The Labute approximate surface area is 254 Å². The quantitative estimate of drug-likeness (QED) is 0.365. The number of amides is 4. The number of pyridine rings is 1. The molecule has 0 radical (unpaired) electrons. The van der Waals surface area contributed by atoms with Crippen molar-refractivity contribution < 1.29 is 28.2 Å². The van der Waals surface area contributed by atoms with E-state index >= 15 is 0 Å². The van der Waals surface area contributed by atoms with Crippen LogP contribution in [-0.2, 0) is 29.2 Å². The second-order valence-electron chi connectivity index (χ2n) is 12.1. The van der Waals surface area contributed by atoms with Gasteiger partial charge in [0.25, 0.3) is 5.56 Å². The van der Waals surface area contributed by atoms with E-state index < -0.39 is 23.3 Å². The molecule has 3 aliphatic rings. The summed E-state index contributed by atoms with van der Waals surface area (Å²) in [5.41, 5.74) is 0.855. The van der Waals surface area contributed by atoms with Gasteiger partial charge in [-0.05, 0) is 60.2 Å². The van der Waals surface area contributed by atoms with Gasteiger partial charge in [-0.15, -0.1) is 0 Å². The Morgan fingerprint density at radius 3 is 2.27 bits per heavy atom. The van der Waals surface area contributed by atoms with Crippen LogP contribution in [0.4, 0.5) is 9.18 Å². The molecule has 0 unspecified atom stereocenters. The van der Waals surface area contributed by atoms with Gasteiger partial charge in [0, 0.05) is 58.0 Å². The fourth-order valence-corrected chi connectivity index (χ4v) is 7.01. The molecule has 10 nitrogen and oxygen atoms in total. The first-order valence-corrected chi connectivity index (χ1v) is 14.7. The number of aromatic nitrogens is 1. The number of carbonyl (C=O) groups is 3. The first-order chi connectivity index (χ1) is 21.1. The number of hydrogen-bond donors (Lipinski definition) is 0. The molecule has 2 atom stereocenters. The maximum atomic E-state index is 14.0. The van der Waals surface area contributed by atoms with Crippen LogP contribution in [0.1, 0.15) is 29.2 Å². The number of methoxy groups -OCH3 is 1. The minimum absolute atomic E-state index is 0.0134. The van der Waals surface area contributed by atoms with E-state index in [1.807, 2.05) is 10.6 Å². The van der Waals surface area contributed by atoms with Crippen LogP contribution in [0, 0.1) is 17.2 Å². The van der Waals surface area contributed by atoms with Crippen LogP contribution in [0.3, 0.4) is 0 Å². The first-order valence-electron chi connectivity index (χ1n) is 14.7. The summed E-state index contributed by atoms with van der Waals surface area (Å²) < 4.78 is 26.7. The van der Waals surface area contributed by atoms with Gasteiger partial charge in [0.15, 0.2) is 11.5 Å². The summed E-state index contributed by atoms with van der Waals surface area (Å²) in [4.78, 5) is 57.5. The Balaban J connectivity index is 1.29. The van der Waals surface area contributed by atoms with Gasteiger partial charge in [0.05, 0.1) is 7.11 Å². The number of ether oxygens (including phenoxy) is 2. The number of nitrogens with zero attached hydrogens (tertiary/aromatic N) is 4. The molecule has 3 aliphatic heterocycles. The van der Waals surface area contributed by atoms with E-state index in [4.69, 9.17) is 9.47 Å². The minimum Gasteiger partial charge on any atom is -0.493 e. The number of rotatable bonds is 8. The molecule has 4 heterocycles. The van der Waals surface area contributed by atoms with Crippen LogP contribution in [0.15, 0.2) is 65.5 Å². The molecular weight excluding hydrogens is 567 g/mol. The van der Waals surface area contributed by atoms with E-state index in [0.29, 0.717) is 36.7 Å². The van der Waals surface area contributed by atoms with E-state index in [-0.39, 0.29) is 42.8 Å². The molecule has 11 heteroatoms. The average molecular weight is 603 g/mol. The molecule has 2 saturated heterocycles. The second-order valence-corrected chi connectivity index (χ2v) is 12.1. The van der Waals surface area contributed by atoms with Crippen molar-refractivity contribution in [2.45, 2.75) is 31.9 Å². The number of barbiturate groups is 1. The highest BCUT2D eigenvalue weighted by molar-refractivity contribution is 6.19. The number of hydrogen-bond acceptors (Lipinski definition) is 7. The van der Waals surface area contributed by atoms with Gasteiger partial charge >= 0.3 is 6.03 Å². The predicted octanol–water partition coefficient (Wildman–Crippen LogP) is 3.27. The van der Waals surface area contributed by atoms with Gasteiger partial charge in [-0.1, -0.05) is 24.3 Å². The number of benzene rings is 2. The Bertz CT molecular complexity index is 1650. The second kappa shape index (κ2) is 11.5. The number of imide groups is 2. The average Bonchev–Trinajstić information content (AvgIpc) is 3.02. The topological polar surface area (TPSA) is 101 Å². The van der Waals surface area contributed by atoms with Crippen LogP contribution in [-0.4, -0.2) is 78.0 Å². The van der Waals surface area contributed by atoms with Crippen LogP contribution < -0.4 is 15.0 Å². The molecule has 0 N–H and O–H groups in total. The smallest absolute Gasteiger partial charge is 0.332 e. The van der Waals surface area contributed by atoms with Crippen LogP contribution in [0.5, 0.6) is 11.5 Å². The summed E-state index contributed by atoms with van der Waals surface area (Å²) in [6.45, 7) is 2.12. The third-order valence-corrected chi connectivity index (χ3v) is 9.09. The van der Waals surface area contributed by atoms with Crippen molar-refractivity contribution in [1.82, 2.24) is 19.3 Å². The summed E-state index contributed by atoms with van der Waals surface area (Å²) in [6, 6.07) is 15.9. The lowest BCUT2D eigenvalue weighted by atomic mass is 9.75. The highest BCUT2D eigenvalue weighted by Crippen LogP contribution is 2.40. The van der Waals surface area contributed by atoms with Crippen molar-refractivity contribution >= 4 is 17.8 Å². The zero-order valence-corrected chi connectivity index (χ0v) is 25.0. The Hall–Kier alpha value is -4.51. The number of urea groups is 1. The van der Waals surface area contributed by atoms with Gasteiger partial charge < -0.3 is 18.9 Å². The number of fused-ring (bicyclic) bond motifs is 4. The number of likely N-dealkylation sites (tertiary alicyclic amines) is 1. The Morgan fingerprint density at radius 1 is 0.864 bits per heavy atom. The Kier molecular flexibility index (Phi) is 7.75. The van der Waals surface area contributed by atoms with Crippen molar-refractivity contribution in [3.05, 3.63) is 93.7 Å². The molecule has 230 valence electrons. The molecule has 6 rings (SSSR count). The number of piperidine rings is 1. The van der Waals surface area contributed by atoms with Gasteiger partial charge in [-0.2, -0.15) is 0 Å². The van der Waals surface area contributed by atoms with Crippen molar-refractivity contribution in [2.24, 2.45) is 11.3 Å². The van der Waals surface area contributed by atoms with E-state index in [9.17, 15) is 23.6 Å². The molecule has 2 bridgehead atoms. The fraction of sp³-hybridized carbons (Fsp3) is 0.394. The summed E-state index contributed by atoms with van der Waals surface area (Å²) >= 11 is 0. The molecule has 4 amide bonds. The zero-order chi connectivity index (χ0) is 31.2. The third-order valence-electron chi connectivity index (χ3n) is 9.09. The highest BCUT2D eigenvalue weighted by atomic mass is 19.1. The van der Waals surface area contributed by atoms with Gasteiger partial charge in [-0.25, -0.2) is 9.18 Å². The number of halogens is 1. The minimum atomic E-state index is -1.55. The van der Waals surface area contributed by atoms with Crippen molar-refractivity contribution in [3.8, 4) is 11.5 Å². The lowest BCUT2D eigenvalue weighted by Crippen LogP contribution is -2.67. The largest absolute Gasteiger partial charge is 0.493 e. The van der Waals surface area contributed by atoms with E-state index in [1.54, 1.807) is 42.5 Å². The number of carbonyl (C=O) groups excluding carboxylic acids is 3. The standard InChI is InChI=1S/C33H35FN4O6/c1-35-30(40)33(31(41)36(2)32(35)42,20-37-16-23-13-24(18-37)26-5-4-6-29(39)38(26)17-23)15-22-9-12-27(28(14-22)43-3)44-19-21-7-10-25(34)11-8-21/h4-12,14,23-24H,13,15-20H2,1-3H3/t23-,24+/m1/s1. The summed E-state index contributed by atoms with van der Waals surface area (Å²) in [6.07, 6.45) is 0.979. The van der Waals surface area contributed by atoms with Gasteiger partial charge in [-0.3, -0.25) is 24.2 Å². The molecule has 0 saturated carbocycles. The maximum absolute atomic E-state index is 14.0. The summed E-state index contributed by atoms with van der Waals surface area (Å²) in [5, 5.41) is 0. The first kappa shape index (κ1) is 29.6. The molecule has 2 fully saturated rings. The van der Waals surface area contributed by atoms with Crippen LogP contribution in [0.25, 0.3) is 0 Å². The molecule has 2 aromatic carbocycles. The van der Waals surface area contributed by atoms with Gasteiger partial charge in [0.2, 0.25) is 11.8 Å². The molecule has 1 aromatic heterocycles. The third kappa shape index (κ3) is 5.25. The highest BCUT2D eigenvalue weighted by Gasteiger charge is 2.56. The Morgan fingerprint density at radius 2 is 1.57 bits per heavy atom. The van der Waals surface area contributed by atoms with Crippen LogP contribution in [0.2, 0.25) is 0 Å². The van der Waals surface area contributed by atoms with E-state index in [0.717, 1.165) is 27.5 Å². The summed E-state index contributed by atoms with van der Waals surface area (Å²) in [7, 11) is 4.32. The van der Waals surface area contributed by atoms with Crippen molar-refractivity contribution in [3.63, 3.8) is 0 Å². The van der Waals surface area contributed by atoms with Crippen LogP contribution >= 0.6 is 0 Å². The normalized spacial score (nSPS) is 21.3. The van der Waals surface area contributed by atoms with E-state index in [2.05, 4.69) is 4.90 Å². The van der Waals surface area contributed by atoms with Crippen molar-refractivity contribution in [1.29, 1.82) is 0 Å². The molecular formula is C33H35FN4O6. The van der Waals surface area contributed by atoms with E-state index in [1.165, 1.54) is 33.3 Å². The zero-order valence-electron chi connectivity index (χ0n) is 25.0.